The Morgan fingerprint density at radius 1 is 1.00 bits per heavy atom. The average Bonchev–Trinajstić information content (AvgIpc) is 3.12. The van der Waals surface area contributed by atoms with Crippen molar-refractivity contribution in [2.24, 2.45) is 11.8 Å². The summed E-state index contributed by atoms with van der Waals surface area (Å²) in [6.45, 7) is 7.68. The second-order valence-electron chi connectivity index (χ2n) is 8.34. The Morgan fingerprint density at radius 2 is 1.74 bits per heavy atom. The molecule has 0 radical (unpaired) electrons. The molecule has 5 heteroatoms. The van der Waals surface area contributed by atoms with Crippen LogP contribution in [-0.2, 0) is 9.53 Å². The van der Waals surface area contributed by atoms with Crippen molar-refractivity contribution in [1.29, 1.82) is 0 Å². The first-order valence-corrected chi connectivity index (χ1v) is 9.13. The first-order valence-electron chi connectivity index (χ1n) is 9.13. The number of amides is 2. The summed E-state index contributed by atoms with van der Waals surface area (Å²) in [5.74, 6) is 0.949. The number of carbonyl (C=O) groups is 2. The average molecular weight is 322 g/mol. The summed E-state index contributed by atoms with van der Waals surface area (Å²) in [6, 6.07) is 0.465. The van der Waals surface area contributed by atoms with Crippen molar-refractivity contribution in [2.45, 2.75) is 70.9 Å². The van der Waals surface area contributed by atoms with Gasteiger partial charge in [-0.2, -0.15) is 0 Å². The molecule has 0 N–H and O–H groups in total. The van der Waals surface area contributed by atoms with E-state index in [1.807, 2.05) is 20.8 Å². The molecular formula is C18H30N2O3. The third kappa shape index (κ3) is 3.64. The van der Waals surface area contributed by atoms with E-state index in [0.29, 0.717) is 19.1 Å². The number of hydrogen-bond acceptors (Lipinski definition) is 3. The van der Waals surface area contributed by atoms with Gasteiger partial charge in [-0.25, -0.2) is 4.79 Å². The fourth-order valence-electron chi connectivity index (χ4n) is 4.37. The topological polar surface area (TPSA) is 49.9 Å². The lowest BCUT2D eigenvalue weighted by Gasteiger charge is -2.33. The lowest BCUT2D eigenvalue weighted by Crippen LogP contribution is -2.43. The molecule has 23 heavy (non-hydrogen) atoms. The number of carbonyl (C=O) groups excluding carboxylic acids is 2. The molecule has 2 saturated heterocycles. The van der Waals surface area contributed by atoms with Crippen LogP contribution in [0.1, 0.15) is 59.3 Å². The highest BCUT2D eigenvalue weighted by molar-refractivity contribution is 5.81. The molecule has 0 bridgehead atoms. The fraction of sp³-hybridized carbons (Fsp3) is 0.889. The highest BCUT2D eigenvalue weighted by atomic mass is 16.6. The van der Waals surface area contributed by atoms with Gasteiger partial charge < -0.3 is 14.5 Å². The zero-order chi connectivity index (χ0) is 16.6. The monoisotopic (exact) mass is 322 g/mol. The maximum absolute atomic E-state index is 12.9. The summed E-state index contributed by atoms with van der Waals surface area (Å²) < 4.78 is 5.42. The van der Waals surface area contributed by atoms with Gasteiger partial charge in [0.1, 0.15) is 5.60 Å². The van der Waals surface area contributed by atoms with Crippen molar-refractivity contribution in [1.82, 2.24) is 9.80 Å². The Hall–Kier alpha value is -1.26. The molecule has 3 aliphatic rings. The minimum absolute atomic E-state index is 0.0387. The summed E-state index contributed by atoms with van der Waals surface area (Å²) >= 11 is 0. The highest BCUT2D eigenvalue weighted by Crippen LogP contribution is 2.37. The zero-order valence-corrected chi connectivity index (χ0v) is 14.7. The third-order valence-corrected chi connectivity index (χ3v) is 5.48. The van der Waals surface area contributed by atoms with E-state index < -0.39 is 5.60 Å². The Morgan fingerprint density at radius 3 is 2.48 bits per heavy atom. The van der Waals surface area contributed by atoms with Gasteiger partial charge in [0.15, 0.2) is 0 Å². The molecule has 1 aliphatic carbocycles. The normalized spacial score (nSPS) is 31.2. The molecule has 130 valence electrons. The number of rotatable bonds is 1. The first-order chi connectivity index (χ1) is 10.8. The van der Waals surface area contributed by atoms with E-state index in [1.165, 1.54) is 32.1 Å². The van der Waals surface area contributed by atoms with Gasteiger partial charge in [0.25, 0.3) is 0 Å². The van der Waals surface area contributed by atoms with Crippen molar-refractivity contribution in [3.8, 4) is 0 Å². The smallest absolute Gasteiger partial charge is 0.410 e. The lowest BCUT2D eigenvalue weighted by atomic mass is 9.85. The van der Waals surface area contributed by atoms with E-state index in [-0.39, 0.29) is 17.9 Å². The molecule has 0 spiro atoms. The van der Waals surface area contributed by atoms with Crippen molar-refractivity contribution in [3.05, 3.63) is 0 Å². The molecule has 0 aromatic heterocycles. The Bertz CT molecular complexity index is 471. The molecule has 2 aliphatic heterocycles. The molecular weight excluding hydrogens is 292 g/mol. The van der Waals surface area contributed by atoms with Gasteiger partial charge in [-0.15, -0.1) is 0 Å². The molecule has 2 amide bonds. The lowest BCUT2D eigenvalue weighted by molar-refractivity contribution is -0.136. The highest BCUT2D eigenvalue weighted by Gasteiger charge is 2.42. The van der Waals surface area contributed by atoms with Crippen LogP contribution in [0.5, 0.6) is 0 Å². The molecule has 0 aromatic rings. The Balaban J connectivity index is 1.56. The van der Waals surface area contributed by atoms with E-state index in [0.717, 1.165) is 18.9 Å². The van der Waals surface area contributed by atoms with Crippen LogP contribution in [0, 0.1) is 11.8 Å². The van der Waals surface area contributed by atoms with Crippen molar-refractivity contribution >= 4 is 12.0 Å². The maximum Gasteiger partial charge on any atom is 0.410 e. The van der Waals surface area contributed by atoms with Crippen LogP contribution in [0.25, 0.3) is 0 Å². The first kappa shape index (κ1) is 16.6. The molecule has 3 unspecified atom stereocenters. The van der Waals surface area contributed by atoms with Gasteiger partial charge in [0, 0.05) is 25.7 Å². The molecule has 5 nitrogen and oxygen atoms in total. The zero-order valence-electron chi connectivity index (χ0n) is 14.7. The maximum atomic E-state index is 12.9. The summed E-state index contributed by atoms with van der Waals surface area (Å²) in [7, 11) is 0. The summed E-state index contributed by atoms with van der Waals surface area (Å²) in [6.07, 6.45) is 6.66. The molecule has 1 saturated carbocycles. The van der Waals surface area contributed by atoms with Gasteiger partial charge in [0.2, 0.25) is 5.91 Å². The Kier molecular flexibility index (Phi) is 4.56. The van der Waals surface area contributed by atoms with Crippen LogP contribution in [-0.4, -0.2) is 53.1 Å². The Labute approximate surface area is 139 Å². The molecule has 3 atom stereocenters. The SMILES string of the molecule is CC(C)(C)OC(=O)N1CCC(C(=O)N2CCC3CCCCC32)C1. The molecule has 2 heterocycles. The molecule has 3 rings (SSSR count). The number of likely N-dealkylation sites (tertiary alicyclic amines) is 2. The van der Waals surface area contributed by atoms with Crippen LogP contribution in [0.2, 0.25) is 0 Å². The molecule has 0 aromatic carbocycles. The van der Waals surface area contributed by atoms with Crippen molar-refractivity contribution < 1.29 is 14.3 Å². The van der Waals surface area contributed by atoms with E-state index in [9.17, 15) is 9.59 Å². The number of nitrogens with zero attached hydrogens (tertiary/aromatic N) is 2. The predicted octanol–water partition coefficient (Wildman–Crippen LogP) is 3.03. The van der Waals surface area contributed by atoms with E-state index in [4.69, 9.17) is 4.74 Å². The van der Waals surface area contributed by atoms with Crippen LogP contribution >= 0.6 is 0 Å². The van der Waals surface area contributed by atoms with Gasteiger partial charge in [-0.3, -0.25) is 4.79 Å². The molecule has 3 fully saturated rings. The van der Waals surface area contributed by atoms with E-state index in [2.05, 4.69) is 4.90 Å². The summed E-state index contributed by atoms with van der Waals surface area (Å²) in [4.78, 5) is 28.9. The largest absolute Gasteiger partial charge is 0.444 e. The van der Waals surface area contributed by atoms with Gasteiger partial charge in [-0.05, 0) is 52.4 Å². The fourth-order valence-corrected chi connectivity index (χ4v) is 4.37. The van der Waals surface area contributed by atoms with Crippen molar-refractivity contribution in [3.63, 3.8) is 0 Å². The second-order valence-corrected chi connectivity index (χ2v) is 8.34. The van der Waals surface area contributed by atoms with Gasteiger partial charge in [0.05, 0.1) is 5.92 Å². The number of hydrogen-bond donors (Lipinski definition) is 0. The number of fused-ring (bicyclic) bond motifs is 1. The van der Waals surface area contributed by atoms with E-state index in [1.54, 1.807) is 4.90 Å². The minimum atomic E-state index is -0.483. The predicted molar refractivity (Wildman–Crippen MR) is 88.0 cm³/mol. The standard InChI is InChI=1S/C18H30N2O3/c1-18(2,3)23-17(22)19-10-8-14(12-19)16(21)20-11-9-13-6-4-5-7-15(13)20/h13-15H,4-12H2,1-3H3. The van der Waals surface area contributed by atoms with Crippen molar-refractivity contribution in [2.75, 3.05) is 19.6 Å². The number of ether oxygens (including phenoxy) is 1. The second kappa shape index (κ2) is 6.33. The van der Waals surface area contributed by atoms with Crippen LogP contribution in [0.4, 0.5) is 4.79 Å². The minimum Gasteiger partial charge on any atom is -0.444 e. The van der Waals surface area contributed by atoms with E-state index >= 15 is 0 Å². The van der Waals surface area contributed by atoms with Gasteiger partial charge >= 0.3 is 6.09 Å². The summed E-state index contributed by atoms with van der Waals surface area (Å²) in [5.41, 5.74) is -0.483. The van der Waals surface area contributed by atoms with Crippen LogP contribution in [0.3, 0.4) is 0 Å². The third-order valence-electron chi connectivity index (χ3n) is 5.48. The van der Waals surface area contributed by atoms with Crippen LogP contribution in [0.15, 0.2) is 0 Å². The van der Waals surface area contributed by atoms with Crippen LogP contribution < -0.4 is 0 Å². The quantitative estimate of drug-likeness (QED) is 0.745. The summed E-state index contributed by atoms with van der Waals surface area (Å²) in [5, 5.41) is 0. The van der Waals surface area contributed by atoms with Gasteiger partial charge in [-0.1, -0.05) is 12.8 Å².